The Morgan fingerprint density at radius 2 is 1.68 bits per heavy atom. The molecule has 2 bridgehead atoms. The van der Waals surface area contributed by atoms with Crippen molar-refractivity contribution in [2.24, 2.45) is 0 Å². The van der Waals surface area contributed by atoms with Crippen molar-refractivity contribution in [2.45, 2.75) is 31.0 Å². The zero-order chi connectivity index (χ0) is 25.3. The number of phenols is 1. The lowest BCUT2D eigenvalue weighted by atomic mass is 10.0. The molecule has 2 N–H and O–H groups in total. The van der Waals surface area contributed by atoms with Crippen molar-refractivity contribution in [3.8, 4) is 17.0 Å². The highest BCUT2D eigenvalue weighted by Crippen LogP contribution is 2.37. The highest BCUT2D eigenvalue weighted by Gasteiger charge is 2.35. The van der Waals surface area contributed by atoms with E-state index < -0.39 is 5.82 Å². The molecule has 2 atom stereocenters. The van der Waals surface area contributed by atoms with Gasteiger partial charge in [-0.05, 0) is 55.9 Å². The number of anilines is 2. The molecule has 0 amide bonds. The number of piperazine rings is 1. The van der Waals surface area contributed by atoms with Crippen molar-refractivity contribution in [1.82, 2.24) is 25.2 Å². The summed E-state index contributed by atoms with van der Waals surface area (Å²) in [7, 11) is 4.17. The van der Waals surface area contributed by atoms with Crippen molar-refractivity contribution in [1.29, 1.82) is 0 Å². The molecule has 3 aliphatic heterocycles. The fourth-order valence-corrected chi connectivity index (χ4v) is 5.98. The van der Waals surface area contributed by atoms with E-state index >= 15 is 4.39 Å². The number of fused-ring (bicyclic) bond motifs is 4. The number of pyridine rings is 1. The monoisotopic (exact) mass is 499 g/mol. The fraction of sp³-hybridized carbons (Fsp3) is 0.393. The Hall–Kier alpha value is -3.56. The minimum atomic E-state index is -0.449. The van der Waals surface area contributed by atoms with Crippen LogP contribution in [0.4, 0.5) is 16.2 Å². The Morgan fingerprint density at radius 3 is 2.43 bits per heavy atom. The molecule has 0 aliphatic carbocycles. The van der Waals surface area contributed by atoms with Gasteiger partial charge < -0.3 is 25.1 Å². The molecular formula is C28H30FN7O. The van der Waals surface area contributed by atoms with Crippen molar-refractivity contribution in [2.75, 3.05) is 50.1 Å². The standard InChI is InChI=1S/C28H30FN7O/c1-34(2)19-14-36(15-19)28-32-26-23(27(33-28)35-12-17-7-8-18(13-35)30-17)11-24(29)25(31-26)22-10-20(37)9-16-5-3-4-6-21(16)22/h3-6,9-11,17-19,30,37H,7-8,12-15H2,1-2H3/t17-,18+. The molecule has 37 heavy (non-hydrogen) atoms. The Labute approximate surface area is 214 Å². The first-order valence-electron chi connectivity index (χ1n) is 13.0. The van der Waals surface area contributed by atoms with Gasteiger partial charge in [-0.2, -0.15) is 9.97 Å². The van der Waals surface area contributed by atoms with Gasteiger partial charge in [-0.3, -0.25) is 0 Å². The maximum absolute atomic E-state index is 15.8. The zero-order valence-corrected chi connectivity index (χ0v) is 21.0. The summed E-state index contributed by atoms with van der Waals surface area (Å²) in [4.78, 5) is 21.3. The highest BCUT2D eigenvalue weighted by molar-refractivity contribution is 5.99. The number of rotatable bonds is 4. The number of nitrogens with one attached hydrogen (secondary N) is 1. The van der Waals surface area contributed by atoms with Crippen LogP contribution in [0.25, 0.3) is 33.1 Å². The Kier molecular flexibility index (Phi) is 5.19. The van der Waals surface area contributed by atoms with Crippen LogP contribution in [0.3, 0.4) is 0 Å². The van der Waals surface area contributed by atoms with Crippen molar-refractivity contribution in [3.63, 3.8) is 0 Å². The van der Waals surface area contributed by atoms with Gasteiger partial charge in [0.1, 0.15) is 23.1 Å². The summed E-state index contributed by atoms with van der Waals surface area (Å²) in [5, 5.41) is 16.3. The molecular weight excluding hydrogens is 469 g/mol. The molecule has 7 rings (SSSR count). The van der Waals surface area contributed by atoms with Crippen molar-refractivity contribution < 1.29 is 9.50 Å². The summed E-state index contributed by atoms with van der Waals surface area (Å²) in [6, 6.07) is 13.7. The van der Waals surface area contributed by atoms with Gasteiger partial charge >= 0.3 is 0 Å². The van der Waals surface area contributed by atoms with Crippen LogP contribution in [0.2, 0.25) is 0 Å². The molecule has 9 heteroatoms. The molecule has 190 valence electrons. The molecule has 5 heterocycles. The number of aromatic hydroxyl groups is 1. The van der Waals surface area contributed by atoms with Crippen molar-refractivity contribution >= 4 is 33.6 Å². The second-order valence-corrected chi connectivity index (χ2v) is 10.8. The van der Waals surface area contributed by atoms with Crippen LogP contribution in [0.1, 0.15) is 12.8 Å². The van der Waals surface area contributed by atoms with E-state index in [0.717, 1.165) is 55.6 Å². The van der Waals surface area contributed by atoms with E-state index in [1.54, 1.807) is 12.1 Å². The molecule has 2 aromatic heterocycles. The normalized spacial score (nSPS) is 21.8. The molecule has 2 aromatic carbocycles. The van der Waals surface area contributed by atoms with Gasteiger partial charge in [0.25, 0.3) is 0 Å². The third-order valence-corrected chi connectivity index (χ3v) is 8.10. The first kappa shape index (κ1) is 22.6. The second kappa shape index (κ2) is 8.49. The summed E-state index contributed by atoms with van der Waals surface area (Å²) in [6.07, 6.45) is 2.30. The van der Waals surface area contributed by atoms with Crippen LogP contribution >= 0.6 is 0 Å². The SMILES string of the molecule is CN(C)C1CN(c2nc(N3C[C@H]4CC[C@@H](C3)N4)c3cc(F)c(-c4cc(O)cc5ccccc45)nc3n2)C1. The number of halogens is 1. The quantitative estimate of drug-likeness (QED) is 0.443. The minimum Gasteiger partial charge on any atom is -0.508 e. The van der Waals surface area contributed by atoms with Crippen LogP contribution in [-0.4, -0.2) is 83.4 Å². The number of hydrogen-bond acceptors (Lipinski definition) is 8. The van der Waals surface area contributed by atoms with Crippen LogP contribution < -0.4 is 15.1 Å². The van der Waals surface area contributed by atoms with Crippen LogP contribution in [0.5, 0.6) is 5.75 Å². The lowest BCUT2D eigenvalue weighted by molar-refractivity contribution is 0.245. The Morgan fingerprint density at radius 1 is 0.919 bits per heavy atom. The van der Waals surface area contributed by atoms with Gasteiger partial charge in [0, 0.05) is 49.9 Å². The summed E-state index contributed by atoms with van der Waals surface area (Å²) in [6.45, 7) is 3.36. The predicted molar refractivity (Wildman–Crippen MR) is 144 cm³/mol. The Bertz CT molecular complexity index is 1510. The first-order valence-corrected chi connectivity index (χ1v) is 13.0. The predicted octanol–water partition coefficient (Wildman–Crippen LogP) is 3.38. The third-order valence-electron chi connectivity index (χ3n) is 8.10. The van der Waals surface area contributed by atoms with Gasteiger partial charge in [0.05, 0.1) is 5.39 Å². The maximum atomic E-state index is 15.8. The van der Waals surface area contributed by atoms with Crippen molar-refractivity contribution in [3.05, 3.63) is 48.3 Å². The molecule has 0 unspecified atom stereocenters. The van der Waals surface area contributed by atoms with E-state index in [2.05, 4.69) is 34.1 Å². The zero-order valence-electron chi connectivity index (χ0n) is 21.0. The third kappa shape index (κ3) is 3.84. The van der Waals surface area contributed by atoms with E-state index in [9.17, 15) is 5.11 Å². The summed E-state index contributed by atoms with van der Waals surface area (Å²) >= 11 is 0. The topological polar surface area (TPSA) is 80.7 Å². The maximum Gasteiger partial charge on any atom is 0.229 e. The van der Waals surface area contributed by atoms with Crippen LogP contribution in [0.15, 0.2) is 42.5 Å². The average molecular weight is 500 g/mol. The summed E-state index contributed by atoms with van der Waals surface area (Å²) in [5.74, 6) is 1.02. The Balaban J connectivity index is 1.39. The number of likely N-dealkylation sites (N-methyl/N-ethyl adjacent to an activating group) is 1. The summed E-state index contributed by atoms with van der Waals surface area (Å²) in [5.41, 5.74) is 1.21. The number of benzene rings is 2. The highest BCUT2D eigenvalue weighted by atomic mass is 19.1. The minimum absolute atomic E-state index is 0.0747. The van der Waals surface area contributed by atoms with Gasteiger partial charge in [-0.25, -0.2) is 9.37 Å². The number of aromatic nitrogens is 3. The molecule has 4 aromatic rings. The molecule has 3 saturated heterocycles. The largest absolute Gasteiger partial charge is 0.508 e. The molecule has 3 aliphatic rings. The van der Waals surface area contributed by atoms with Crippen LogP contribution in [-0.2, 0) is 0 Å². The molecule has 0 spiro atoms. The smallest absolute Gasteiger partial charge is 0.229 e. The fourth-order valence-electron chi connectivity index (χ4n) is 5.98. The van der Waals surface area contributed by atoms with E-state index in [0.29, 0.717) is 40.7 Å². The van der Waals surface area contributed by atoms with E-state index in [1.807, 2.05) is 24.3 Å². The van der Waals surface area contributed by atoms with E-state index in [1.165, 1.54) is 6.07 Å². The number of hydrogen-bond donors (Lipinski definition) is 2. The molecule has 3 fully saturated rings. The van der Waals surface area contributed by atoms with E-state index in [4.69, 9.17) is 15.0 Å². The molecule has 0 saturated carbocycles. The molecule has 8 nitrogen and oxygen atoms in total. The lowest BCUT2D eigenvalue weighted by Gasteiger charge is -2.43. The number of nitrogens with zero attached hydrogens (tertiary/aromatic N) is 6. The van der Waals surface area contributed by atoms with Gasteiger partial charge in [0.15, 0.2) is 5.65 Å². The van der Waals surface area contributed by atoms with Gasteiger partial charge in [-0.1, -0.05) is 24.3 Å². The summed E-state index contributed by atoms with van der Waals surface area (Å²) < 4.78 is 15.8. The van der Waals surface area contributed by atoms with Gasteiger partial charge in [-0.15, -0.1) is 0 Å². The first-order chi connectivity index (χ1) is 17.9. The number of phenolic OH excluding ortho intramolecular Hbond substituents is 1. The lowest BCUT2D eigenvalue weighted by Crippen LogP contribution is -2.58. The second-order valence-electron chi connectivity index (χ2n) is 10.8. The van der Waals surface area contributed by atoms with Gasteiger partial charge in [0.2, 0.25) is 5.95 Å². The average Bonchev–Trinajstić information content (AvgIpc) is 3.19. The van der Waals surface area contributed by atoms with Crippen LogP contribution in [0, 0.1) is 5.82 Å². The molecule has 0 radical (unpaired) electrons. The van der Waals surface area contributed by atoms with E-state index in [-0.39, 0.29) is 11.4 Å².